The Bertz CT molecular complexity index is 699. The summed E-state index contributed by atoms with van der Waals surface area (Å²) in [6.45, 7) is 4.65. The van der Waals surface area contributed by atoms with Crippen LogP contribution >= 0.6 is 0 Å². The molecule has 27 heavy (non-hydrogen) atoms. The number of aryl methyl sites for hydroxylation is 2. The number of rotatable bonds is 8. The Kier molecular flexibility index (Phi) is 7.40. The molecule has 4 heteroatoms. The average Bonchev–Trinajstić information content (AvgIpc) is 2.71. The second-order valence-corrected chi connectivity index (χ2v) is 7.56. The van der Waals surface area contributed by atoms with Crippen LogP contribution in [-0.2, 0) is 17.8 Å². The number of piperidine rings is 1. The number of carbonyl (C=O) groups excluding carboxylic acids is 1. The van der Waals surface area contributed by atoms with E-state index in [0.717, 1.165) is 31.5 Å². The predicted octanol–water partition coefficient (Wildman–Crippen LogP) is 3.88. The Labute approximate surface area is 163 Å². The van der Waals surface area contributed by atoms with Gasteiger partial charge in [-0.15, -0.1) is 0 Å². The molecule has 1 atom stereocenters. The fourth-order valence-electron chi connectivity index (χ4n) is 3.78. The summed E-state index contributed by atoms with van der Waals surface area (Å²) in [5.74, 6) is 0.143. The molecule has 1 aliphatic heterocycles. The quantitative estimate of drug-likeness (QED) is 0.772. The van der Waals surface area contributed by atoms with Crippen LogP contribution in [0.15, 0.2) is 48.7 Å². The maximum absolute atomic E-state index is 12.3. The summed E-state index contributed by atoms with van der Waals surface area (Å²) in [6.07, 6.45) is 8.35. The van der Waals surface area contributed by atoms with E-state index in [1.165, 1.54) is 30.5 Å². The van der Waals surface area contributed by atoms with Gasteiger partial charge < -0.3 is 5.32 Å². The second kappa shape index (κ2) is 10.2. The van der Waals surface area contributed by atoms with E-state index < -0.39 is 0 Å². The molecule has 1 aromatic carbocycles. The molecule has 0 bridgehead atoms. The fourth-order valence-corrected chi connectivity index (χ4v) is 3.78. The first kappa shape index (κ1) is 19.6. The maximum Gasteiger partial charge on any atom is 0.221 e. The highest BCUT2D eigenvalue weighted by molar-refractivity contribution is 5.76. The normalized spacial score (nSPS) is 17.6. The summed E-state index contributed by atoms with van der Waals surface area (Å²) in [6, 6.07) is 15.0. The van der Waals surface area contributed by atoms with Crippen LogP contribution in [0.2, 0.25) is 0 Å². The van der Waals surface area contributed by atoms with Gasteiger partial charge in [-0.25, -0.2) is 0 Å². The molecular formula is C23H31N3O. The first-order chi connectivity index (χ1) is 13.2. The molecule has 1 aliphatic rings. The zero-order valence-corrected chi connectivity index (χ0v) is 16.4. The molecule has 0 aliphatic carbocycles. The van der Waals surface area contributed by atoms with E-state index in [4.69, 9.17) is 0 Å². The van der Waals surface area contributed by atoms with E-state index in [-0.39, 0.29) is 5.91 Å². The Hall–Kier alpha value is -2.20. The van der Waals surface area contributed by atoms with Gasteiger partial charge in [0.2, 0.25) is 5.91 Å². The van der Waals surface area contributed by atoms with E-state index >= 15 is 0 Å². The van der Waals surface area contributed by atoms with Crippen molar-refractivity contribution < 1.29 is 4.79 Å². The molecule has 1 amide bonds. The fraction of sp³-hybridized carbons (Fsp3) is 0.478. The van der Waals surface area contributed by atoms with Gasteiger partial charge >= 0.3 is 0 Å². The minimum Gasteiger partial charge on any atom is -0.352 e. The van der Waals surface area contributed by atoms with Crippen molar-refractivity contribution in [1.29, 1.82) is 0 Å². The van der Waals surface area contributed by atoms with Crippen molar-refractivity contribution in [2.75, 3.05) is 13.1 Å². The first-order valence-electron chi connectivity index (χ1n) is 10.2. The molecule has 0 saturated carbocycles. The first-order valence-corrected chi connectivity index (χ1v) is 10.2. The lowest BCUT2D eigenvalue weighted by molar-refractivity contribution is -0.121. The van der Waals surface area contributed by atoms with E-state index in [9.17, 15) is 4.79 Å². The molecule has 1 N–H and O–H groups in total. The van der Waals surface area contributed by atoms with Crippen molar-refractivity contribution in [2.24, 2.45) is 0 Å². The number of hydrogen-bond acceptors (Lipinski definition) is 3. The molecule has 1 saturated heterocycles. The topological polar surface area (TPSA) is 45.2 Å². The van der Waals surface area contributed by atoms with Crippen molar-refractivity contribution >= 4 is 5.91 Å². The molecule has 2 aromatic rings. The lowest BCUT2D eigenvalue weighted by Crippen LogP contribution is -2.41. The van der Waals surface area contributed by atoms with E-state index in [0.29, 0.717) is 19.0 Å². The van der Waals surface area contributed by atoms with E-state index in [1.807, 2.05) is 12.3 Å². The van der Waals surface area contributed by atoms with Gasteiger partial charge in [0, 0.05) is 37.4 Å². The molecule has 2 heterocycles. The standard InChI is InChI=1S/C23H31N3O/c1-19-8-10-20(11-9-19)18-25-23(27)14-17-26-16-5-3-7-22(26)13-12-21-6-2-4-15-24-21/h2,4,6,8-11,15,22H,3,5,7,12-14,16-18H2,1H3,(H,25,27). The number of amides is 1. The zero-order chi connectivity index (χ0) is 18.9. The predicted molar refractivity (Wildman–Crippen MR) is 109 cm³/mol. The van der Waals surface area contributed by atoms with Crippen LogP contribution < -0.4 is 5.32 Å². The number of pyridine rings is 1. The van der Waals surface area contributed by atoms with Crippen LogP contribution in [0, 0.1) is 6.92 Å². The highest BCUT2D eigenvalue weighted by atomic mass is 16.1. The van der Waals surface area contributed by atoms with Gasteiger partial charge in [-0.3, -0.25) is 14.7 Å². The molecule has 144 valence electrons. The molecule has 0 spiro atoms. The summed E-state index contributed by atoms with van der Waals surface area (Å²) < 4.78 is 0. The zero-order valence-electron chi connectivity index (χ0n) is 16.4. The summed E-state index contributed by atoms with van der Waals surface area (Å²) in [4.78, 5) is 19.2. The minimum atomic E-state index is 0.143. The Morgan fingerprint density at radius 1 is 1.19 bits per heavy atom. The molecule has 1 unspecified atom stereocenters. The van der Waals surface area contributed by atoms with Crippen molar-refractivity contribution in [3.8, 4) is 0 Å². The molecule has 1 aromatic heterocycles. The Morgan fingerprint density at radius 3 is 2.81 bits per heavy atom. The number of nitrogens with one attached hydrogen (secondary N) is 1. The van der Waals surface area contributed by atoms with Crippen LogP contribution in [0.4, 0.5) is 0 Å². The summed E-state index contributed by atoms with van der Waals surface area (Å²) in [5, 5.41) is 3.06. The number of likely N-dealkylation sites (tertiary alicyclic amines) is 1. The van der Waals surface area contributed by atoms with Crippen molar-refractivity contribution in [3.05, 3.63) is 65.5 Å². The Balaban J connectivity index is 1.41. The van der Waals surface area contributed by atoms with Crippen LogP contribution in [0.1, 0.15) is 48.9 Å². The van der Waals surface area contributed by atoms with Crippen LogP contribution in [0.3, 0.4) is 0 Å². The summed E-state index contributed by atoms with van der Waals surface area (Å²) in [7, 11) is 0. The molecular weight excluding hydrogens is 334 g/mol. The van der Waals surface area contributed by atoms with Crippen LogP contribution in [0.5, 0.6) is 0 Å². The van der Waals surface area contributed by atoms with Crippen molar-refractivity contribution in [3.63, 3.8) is 0 Å². The van der Waals surface area contributed by atoms with Crippen LogP contribution in [0.25, 0.3) is 0 Å². The second-order valence-electron chi connectivity index (χ2n) is 7.56. The third kappa shape index (κ3) is 6.47. The smallest absolute Gasteiger partial charge is 0.221 e. The molecule has 1 fully saturated rings. The molecule has 3 rings (SSSR count). The van der Waals surface area contributed by atoms with Crippen molar-refractivity contribution in [2.45, 2.75) is 58.0 Å². The van der Waals surface area contributed by atoms with Crippen LogP contribution in [-0.4, -0.2) is 34.9 Å². The number of carbonyl (C=O) groups is 1. The number of aromatic nitrogens is 1. The third-order valence-electron chi connectivity index (χ3n) is 5.45. The number of hydrogen-bond donors (Lipinski definition) is 1. The van der Waals surface area contributed by atoms with Gasteiger partial charge in [-0.1, -0.05) is 42.3 Å². The summed E-state index contributed by atoms with van der Waals surface area (Å²) in [5.41, 5.74) is 3.56. The van der Waals surface area contributed by atoms with E-state index in [1.54, 1.807) is 0 Å². The Morgan fingerprint density at radius 2 is 2.04 bits per heavy atom. The SMILES string of the molecule is Cc1ccc(CNC(=O)CCN2CCCCC2CCc2ccccn2)cc1. The van der Waals surface area contributed by atoms with Crippen molar-refractivity contribution in [1.82, 2.24) is 15.2 Å². The average molecular weight is 366 g/mol. The number of benzene rings is 1. The van der Waals surface area contributed by atoms with Gasteiger partial charge in [-0.05, 0) is 56.8 Å². The largest absolute Gasteiger partial charge is 0.352 e. The summed E-state index contributed by atoms with van der Waals surface area (Å²) >= 11 is 0. The monoisotopic (exact) mass is 365 g/mol. The lowest BCUT2D eigenvalue weighted by Gasteiger charge is -2.35. The van der Waals surface area contributed by atoms with Gasteiger partial charge in [0.1, 0.15) is 0 Å². The van der Waals surface area contributed by atoms with E-state index in [2.05, 4.69) is 58.5 Å². The minimum absolute atomic E-state index is 0.143. The van der Waals surface area contributed by atoms with Gasteiger partial charge in [-0.2, -0.15) is 0 Å². The highest BCUT2D eigenvalue weighted by Crippen LogP contribution is 2.21. The third-order valence-corrected chi connectivity index (χ3v) is 5.45. The molecule has 0 radical (unpaired) electrons. The molecule has 4 nitrogen and oxygen atoms in total. The highest BCUT2D eigenvalue weighted by Gasteiger charge is 2.22. The number of nitrogens with zero attached hydrogens (tertiary/aromatic N) is 2. The van der Waals surface area contributed by atoms with Gasteiger partial charge in [0.05, 0.1) is 0 Å². The van der Waals surface area contributed by atoms with Gasteiger partial charge in [0.15, 0.2) is 0 Å². The van der Waals surface area contributed by atoms with Gasteiger partial charge in [0.25, 0.3) is 0 Å². The maximum atomic E-state index is 12.3. The lowest BCUT2D eigenvalue weighted by atomic mass is 9.97.